The van der Waals surface area contributed by atoms with Gasteiger partial charge >= 0.3 is 0 Å². The van der Waals surface area contributed by atoms with Gasteiger partial charge in [-0.3, -0.25) is 0 Å². The normalized spacial score (nSPS) is 12.1. The molecule has 0 saturated heterocycles. The third-order valence-corrected chi connectivity index (χ3v) is 5.15. The smallest absolute Gasteiger partial charge is 0.243 e. The lowest BCUT2D eigenvalue weighted by atomic mass is 10.2. The molecule has 7 heteroatoms. The van der Waals surface area contributed by atoms with Gasteiger partial charge in [-0.25, -0.2) is 8.42 Å². The maximum absolute atomic E-state index is 12.4. The Balaban J connectivity index is 2.28. The highest BCUT2D eigenvalue weighted by molar-refractivity contribution is 7.89. The summed E-state index contributed by atoms with van der Waals surface area (Å²) in [5.74, 6) is 0.626. The molecule has 1 heterocycles. The topological polar surface area (TPSA) is 63.4 Å². The third kappa shape index (κ3) is 2.87. The largest absolute Gasteiger partial charge is 0.361 e. The van der Waals surface area contributed by atoms with Crippen LogP contribution in [0.25, 0.3) is 0 Å². The van der Waals surface area contributed by atoms with E-state index >= 15 is 0 Å². The molecule has 0 amide bonds. The second kappa shape index (κ2) is 5.55. The van der Waals surface area contributed by atoms with Gasteiger partial charge in [-0.15, -0.1) is 0 Å². The average molecular weight is 315 g/mol. The van der Waals surface area contributed by atoms with E-state index in [1.807, 2.05) is 0 Å². The maximum atomic E-state index is 12.4. The van der Waals surface area contributed by atoms with E-state index in [4.69, 9.17) is 16.1 Å². The molecular weight excluding hydrogens is 300 g/mol. The minimum absolute atomic E-state index is 0.205. The summed E-state index contributed by atoms with van der Waals surface area (Å²) in [7, 11) is -2.04. The monoisotopic (exact) mass is 314 g/mol. The van der Waals surface area contributed by atoms with Crippen molar-refractivity contribution in [3.8, 4) is 0 Å². The van der Waals surface area contributed by atoms with Crippen LogP contribution in [0.4, 0.5) is 0 Å². The number of hydrogen-bond acceptors (Lipinski definition) is 4. The van der Waals surface area contributed by atoms with Gasteiger partial charge in [0.2, 0.25) is 10.0 Å². The SMILES string of the molecule is Cc1noc(C)c1CN(C)S(=O)(=O)c1ccc(Cl)cc1. The first-order valence-corrected chi connectivity index (χ1v) is 7.78. The van der Waals surface area contributed by atoms with Crippen LogP contribution >= 0.6 is 11.6 Å². The van der Waals surface area contributed by atoms with E-state index in [0.717, 1.165) is 5.56 Å². The van der Waals surface area contributed by atoms with Crippen LogP contribution in [0.1, 0.15) is 17.0 Å². The highest BCUT2D eigenvalue weighted by Crippen LogP contribution is 2.21. The first kappa shape index (κ1) is 15.0. The Bertz CT molecular complexity index is 688. The average Bonchev–Trinajstić information content (AvgIpc) is 2.71. The minimum Gasteiger partial charge on any atom is -0.361 e. The Morgan fingerprint density at radius 1 is 1.25 bits per heavy atom. The Morgan fingerprint density at radius 3 is 2.35 bits per heavy atom. The molecule has 0 N–H and O–H groups in total. The summed E-state index contributed by atoms with van der Waals surface area (Å²) in [6, 6.07) is 6.08. The summed E-state index contributed by atoms with van der Waals surface area (Å²) in [4.78, 5) is 0.205. The van der Waals surface area contributed by atoms with Crippen LogP contribution in [0, 0.1) is 13.8 Å². The quantitative estimate of drug-likeness (QED) is 0.870. The van der Waals surface area contributed by atoms with E-state index < -0.39 is 10.0 Å². The van der Waals surface area contributed by atoms with Crippen LogP contribution in [0.5, 0.6) is 0 Å². The molecule has 0 spiro atoms. The lowest BCUT2D eigenvalue weighted by Gasteiger charge is -2.17. The maximum Gasteiger partial charge on any atom is 0.243 e. The Morgan fingerprint density at radius 2 is 1.85 bits per heavy atom. The van der Waals surface area contributed by atoms with Crippen molar-refractivity contribution in [3.63, 3.8) is 0 Å². The fourth-order valence-corrected chi connectivity index (χ4v) is 3.09. The number of aryl methyl sites for hydroxylation is 2. The summed E-state index contributed by atoms with van der Waals surface area (Å²) in [6.45, 7) is 3.76. The van der Waals surface area contributed by atoms with E-state index in [0.29, 0.717) is 16.5 Å². The van der Waals surface area contributed by atoms with Gasteiger partial charge in [0.25, 0.3) is 0 Å². The summed E-state index contributed by atoms with van der Waals surface area (Å²) in [6.07, 6.45) is 0. The Labute approximate surface area is 123 Å². The molecule has 0 unspecified atom stereocenters. The minimum atomic E-state index is -3.56. The van der Waals surface area contributed by atoms with Crippen molar-refractivity contribution in [1.29, 1.82) is 0 Å². The van der Waals surface area contributed by atoms with E-state index in [1.54, 1.807) is 26.0 Å². The Hall–Kier alpha value is -1.37. The lowest BCUT2D eigenvalue weighted by Crippen LogP contribution is -2.26. The molecule has 5 nitrogen and oxygen atoms in total. The number of benzene rings is 1. The fourth-order valence-electron chi connectivity index (χ4n) is 1.82. The highest BCUT2D eigenvalue weighted by atomic mass is 35.5. The van der Waals surface area contributed by atoms with Crippen LogP contribution in [-0.4, -0.2) is 24.9 Å². The Kier molecular flexibility index (Phi) is 4.17. The molecule has 0 aliphatic rings. The zero-order valence-electron chi connectivity index (χ0n) is 11.4. The first-order chi connectivity index (χ1) is 9.32. The molecule has 1 aromatic heterocycles. The van der Waals surface area contributed by atoms with Gasteiger partial charge in [-0.2, -0.15) is 4.31 Å². The number of aromatic nitrogens is 1. The molecule has 20 heavy (non-hydrogen) atoms. The molecule has 108 valence electrons. The molecule has 0 fully saturated rings. The van der Waals surface area contributed by atoms with E-state index in [9.17, 15) is 8.42 Å². The standard InChI is InChI=1S/C13H15ClN2O3S/c1-9-13(10(2)19-15-9)8-16(3)20(17,18)12-6-4-11(14)5-7-12/h4-7H,8H2,1-3H3. The molecule has 2 rings (SSSR count). The number of hydrogen-bond donors (Lipinski definition) is 0. The third-order valence-electron chi connectivity index (χ3n) is 3.08. The first-order valence-electron chi connectivity index (χ1n) is 5.96. The van der Waals surface area contributed by atoms with Crippen molar-refractivity contribution in [2.75, 3.05) is 7.05 Å². The molecule has 0 aliphatic heterocycles. The summed E-state index contributed by atoms with van der Waals surface area (Å²) in [5, 5.41) is 4.32. The van der Waals surface area contributed by atoms with E-state index in [-0.39, 0.29) is 11.4 Å². The predicted octanol–water partition coefficient (Wildman–Crippen LogP) is 2.77. The molecule has 2 aromatic rings. The zero-order valence-corrected chi connectivity index (χ0v) is 13.0. The van der Waals surface area contributed by atoms with Gasteiger partial charge in [0, 0.05) is 24.2 Å². The number of rotatable bonds is 4. The second-order valence-corrected chi connectivity index (χ2v) is 7.00. The van der Waals surface area contributed by atoms with Gasteiger partial charge < -0.3 is 4.52 Å². The van der Waals surface area contributed by atoms with Crippen LogP contribution in [-0.2, 0) is 16.6 Å². The van der Waals surface area contributed by atoms with Crippen LogP contribution in [0.15, 0.2) is 33.7 Å². The second-order valence-electron chi connectivity index (χ2n) is 4.52. The number of halogens is 1. The van der Waals surface area contributed by atoms with Crippen molar-refractivity contribution < 1.29 is 12.9 Å². The summed E-state index contributed by atoms with van der Waals surface area (Å²) < 4.78 is 31.2. The molecule has 0 radical (unpaired) electrons. The van der Waals surface area contributed by atoms with Crippen molar-refractivity contribution in [2.24, 2.45) is 0 Å². The number of nitrogens with zero attached hydrogens (tertiary/aromatic N) is 2. The van der Waals surface area contributed by atoms with Crippen molar-refractivity contribution in [2.45, 2.75) is 25.3 Å². The summed E-state index contributed by atoms with van der Waals surface area (Å²) >= 11 is 5.77. The van der Waals surface area contributed by atoms with Crippen molar-refractivity contribution in [1.82, 2.24) is 9.46 Å². The lowest BCUT2D eigenvalue weighted by molar-refractivity contribution is 0.390. The van der Waals surface area contributed by atoms with E-state index in [1.165, 1.54) is 23.5 Å². The highest BCUT2D eigenvalue weighted by Gasteiger charge is 2.23. The van der Waals surface area contributed by atoms with E-state index in [2.05, 4.69) is 5.16 Å². The fraction of sp³-hybridized carbons (Fsp3) is 0.308. The van der Waals surface area contributed by atoms with Crippen molar-refractivity contribution >= 4 is 21.6 Å². The molecular formula is C13H15ClN2O3S. The molecule has 0 bridgehead atoms. The van der Waals surface area contributed by atoms with Crippen LogP contribution in [0.3, 0.4) is 0 Å². The van der Waals surface area contributed by atoms with Crippen LogP contribution < -0.4 is 0 Å². The number of sulfonamides is 1. The van der Waals surface area contributed by atoms with Gasteiger partial charge in [-0.1, -0.05) is 16.8 Å². The van der Waals surface area contributed by atoms with Crippen molar-refractivity contribution in [3.05, 3.63) is 46.3 Å². The molecule has 0 atom stereocenters. The zero-order chi connectivity index (χ0) is 14.9. The molecule has 0 aliphatic carbocycles. The summed E-state index contributed by atoms with van der Waals surface area (Å²) in [5.41, 5.74) is 1.48. The van der Waals surface area contributed by atoms with Crippen LogP contribution in [0.2, 0.25) is 5.02 Å². The predicted molar refractivity (Wildman–Crippen MR) is 76.1 cm³/mol. The van der Waals surface area contributed by atoms with Gasteiger partial charge in [-0.05, 0) is 38.1 Å². The molecule has 1 aromatic carbocycles. The van der Waals surface area contributed by atoms with Gasteiger partial charge in [0.05, 0.1) is 10.6 Å². The molecule has 0 saturated carbocycles. The van der Waals surface area contributed by atoms with Gasteiger partial charge in [0.1, 0.15) is 5.76 Å². The van der Waals surface area contributed by atoms with Gasteiger partial charge in [0.15, 0.2) is 0 Å².